The summed E-state index contributed by atoms with van der Waals surface area (Å²) in [5, 5.41) is 13.5. The number of imide groups is 1. The number of hydrogen-bond donors (Lipinski definition) is 1. The van der Waals surface area contributed by atoms with Crippen LogP contribution in [0, 0.1) is 0 Å². The maximum Gasteiger partial charge on any atom is 0.325 e. The fourth-order valence-electron chi connectivity index (χ4n) is 2.66. The van der Waals surface area contributed by atoms with E-state index in [4.69, 9.17) is 4.74 Å². The van der Waals surface area contributed by atoms with Crippen LogP contribution in [0.25, 0.3) is 0 Å². The minimum absolute atomic E-state index is 0.0663. The van der Waals surface area contributed by atoms with E-state index in [-0.39, 0.29) is 17.9 Å². The average Bonchev–Trinajstić information content (AvgIpc) is 3.30. The zero-order valence-electron chi connectivity index (χ0n) is 15.9. The molecule has 1 aliphatic heterocycles. The largest absolute Gasteiger partial charge is 0.383 e. The number of methoxy groups -OCH3 is 1. The molecular weight excluding hydrogens is 368 g/mol. The van der Waals surface area contributed by atoms with Gasteiger partial charge in [-0.15, -0.1) is 16.4 Å². The quantitative estimate of drug-likeness (QED) is 0.714. The number of rotatable bonds is 7. The Kier molecular flexibility index (Phi) is 5.56. The summed E-state index contributed by atoms with van der Waals surface area (Å²) in [5.41, 5.74) is 1.54. The van der Waals surface area contributed by atoms with Crippen molar-refractivity contribution in [2.24, 2.45) is 0 Å². The van der Waals surface area contributed by atoms with Gasteiger partial charge >= 0.3 is 6.03 Å². The van der Waals surface area contributed by atoms with Crippen LogP contribution in [-0.4, -0.2) is 56.6 Å². The molecule has 0 radical (unpaired) electrons. The standard InChI is InChI=1S/C17H24N6O3S/c1-17(2,3)13-10-27-14(19-13)9-23-15(24)12(18-16(23)25)7-11-8-22(21-20-11)5-6-26-4/h8,10,12H,5-7,9H2,1-4H3,(H,18,25)/t12-/m1/s1. The zero-order valence-corrected chi connectivity index (χ0v) is 16.7. The molecule has 27 heavy (non-hydrogen) atoms. The van der Waals surface area contributed by atoms with Gasteiger partial charge in [0.25, 0.3) is 5.91 Å². The van der Waals surface area contributed by atoms with Gasteiger partial charge in [0.15, 0.2) is 0 Å². The van der Waals surface area contributed by atoms with Crippen LogP contribution in [0.3, 0.4) is 0 Å². The molecule has 3 heterocycles. The second-order valence-corrected chi connectivity index (χ2v) is 8.42. The Bertz CT molecular complexity index is 825. The van der Waals surface area contributed by atoms with Gasteiger partial charge < -0.3 is 10.1 Å². The summed E-state index contributed by atoms with van der Waals surface area (Å²) in [5.74, 6) is -0.265. The highest BCUT2D eigenvalue weighted by atomic mass is 32.1. The number of ether oxygens (including phenoxy) is 1. The van der Waals surface area contributed by atoms with Crippen molar-refractivity contribution in [3.05, 3.63) is 28.0 Å². The molecule has 1 fully saturated rings. The lowest BCUT2D eigenvalue weighted by atomic mass is 9.93. The van der Waals surface area contributed by atoms with Crippen LogP contribution in [0.4, 0.5) is 4.79 Å². The highest BCUT2D eigenvalue weighted by Crippen LogP contribution is 2.25. The predicted molar refractivity (Wildman–Crippen MR) is 99.3 cm³/mol. The van der Waals surface area contributed by atoms with Gasteiger partial charge in [-0.3, -0.25) is 9.69 Å². The van der Waals surface area contributed by atoms with E-state index < -0.39 is 12.1 Å². The van der Waals surface area contributed by atoms with Crippen LogP contribution in [0.1, 0.15) is 37.2 Å². The Morgan fingerprint density at radius 3 is 2.78 bits per heavy atom. The number of aromatic nitrogens is 4. The van der Waals surface area contributed by atoms with E-state index >= 15 is 0 Å². The first-order chi connectivity index (χ1) is 12.8. The maximum absolute atomic E-state index is 12.7. The number of nitrogens with zero attached hydrogens (tertiary/aromatic N) is 5. The summed E-state index contributed by atoms with van der Waals surface area (Å²) in [4.78, 5) is 30.7. The average molecular weight is 392 g/mol. The van der Waals surface area contributed by atoms with Gasteiger partial charge in [-0.2, -0.15) is 0 Å². The Labute approximate surface area is 161 Å². The summed E-state index contributed by atoms with van der Waals surface area (Å²) in [7, 11) is 1.62. The second-order valence-electron chi connectivity index (χ2n) is 7.47. The number of amides is 3. The number of carbonyl (C=O) groups excluding carboxylic acids is 2. The summed E-state index contributed by atoms with van der Waals surface area (Å²) in [6.07, 6.45) is 2.07. The molecule has 10 heteroatoms. The van der Waals surface area contributed by atoms with Crippen LogP contribution in [0.15, 0.2) is 11.6 Å². The van der Waals surface area contributed by atoms with E-state index in [1.165, 1.54) is 16.2 Å². The maximum atomic E-state index is 12.7. The van der Waals surface area contributed by atoms with Gasteiger partial charge in [0.1, 0.15) is 11.0 Å². The molecule has 146 valence electrons. The van der Waals surface area contributed by atoms with Crippen LogP contribution in [0.5, 0.6) is 0 Å². The molecule has 3 rings (SSSR count). The van der Waals surface area contributed by atoms with Crippen LogP contribution >= 0.6 is 11.3 Å². The lowest BCUT2D eigenvalue weighted by Crippen LogP contribution is -2.32. The van der Waals surface area contributed by atoms with Crippen molar-refractivity contribution >= 4 is 23.3 Å². The molecule has 1 aliphatic rings. The van der Waals surface area contributed by atoms with Crippen molar-refractivity contribution in [3.8, 4) is 0 Å². The molecule has 1 saturated heterocycles. The fourth-order valence-corrected chi connectivity index (χ4v) is 3.67. The van der Waals surface area contributed by atoms with Gasteiger partial charge in [0, 0.05) is 30.5 Å². The predicted octanol–water partition coefficient (Wildman–Crippen LogP) is 1.34. The van der Waals surface area contributed by atoms with E-state index in [0.29, 0.717) is 25.3 Å². The van der Waals surface area contributed by atoms with Gasteiger partial charge in [0.2, 0.25) is 0 Å². The smallest absolute Gasteiger partial charge is 0.325 e. The molecule has 1 atom stereocenters. The minimum atomic E-state index is -0.632. The second kappa shape index (κ2) is 7.73. The van der Waals surface area contributed by atoms with Crippen LogP contribution < -0.4 is 5.32 Å². The molecule has 2 aromatic heterocycles. The number of nitrogens with one attached hydrogen (secondary N) is 1. The Balaban J connectivity index is 1.63. The molecular formula is C17H24N6O3S. The number of urea groups is 1. The topological polar surface area (TPSA) is 102 Å². The lowest BCUT2D eigenvalue weighted by molar-refractivity contribution is -0.127. The number of carbonyl (C=O) groups is 2. The molecule has 0 saturated carbocycles. The van der Waals surface area contributed by atoms with Crippen molar-refractivity contribution in [2.45, 2.75) is 51.7 Å². The minimum Gasteiger partial charge on any atom is -0.383 e. The SMILES string of the molecule is COCCn1cc(C[C@H]2NC(=O)N(Cc3nc(C(C)(C)C)cs3)C2=O)nn1. The third-order valence-electron chi connectivity index (χ3n) is 4.24. The number of thiazole rings is 1. The van der Waals surface area contributed by atoms with Crippen molar-refractivity contribution < 1.29 is 14.3 Å². The van der Waals surface area contributed by atoms with Gasteiger partial charge in [-0.05, 0) is 0 Å². The fraction of sp³-hybridized carbons (Fsp3) is 0.588. The number of hydrogen-bond acceptors (Lipinski definition) is 7. The van der Waals surface area contributed by atoms with E-state index in [1.807, 2.05) is 5.38 Å². The highest BCUT2D eigenvalue weighted by Gasteiger charge is 2.39. The van der Waals surface area contributed by atoms with Crippen LogP contribution in [0.2, 0.25) is 0 Å². The molecule has 0 bridgehead atoms. The molecule has 3 amide bonds. The Morgan fingerprint density at radius 2 is 2.11 bits per heavy atom. The Morgan fingerprint density at radius 1 is 1.33 bits per heavy atom. The first kappa shape index (κ1) is 19.4. The molecule has 0 aliphatic carbocycles. The van der Waals surface area contributed by atoms with Gasteiger partial charge in [-0.1, -0.05) is 26.0 Å². The molecule has 2 aromatic rings. The van der Waals surface area contributed by atoms with E-state index in [9.17, 15) is 9.59 Å². The first-order valence-corrected chi connectivity index (χ1v) is 9.60. The summed E-state index contributed by atoms with van der Waals surface area (Å²) in [6.45, 7) is 7.53. The van der Waals surface area contributed by atoms with Crippen molar-refractivity contribution in [2.75, 3.05) is 13.7 Å². The zero-order chi connectivity index (χ0) is 19.6. The van der Waals surface area contributed by atoms with Crippen molar-refractivity contribution in [1.29, 1.82) is 0 Å². The third-order valence-corrected chi connectivity index (χ3v) is 5.08. The summed E-state index contributed by atoms with van der Waals surface area (Å²) < 4.78 is 6.66. The summed E-state index contributed by atoms with van der Waals surface area (Å²) in [6, 6.07) is -1.03. The van der Waals surface area contributed by atoms with Crippen molar-refractivity contribution in [3.63, 3.8) is 0 Å². The molecule has 0 aromatic carbocycles. The lowest BCUT2D eigenvalue weighted by Gasteiger charge is -2.14. The summed E-state index contributed by atoms with van der Waals surface area (Å²) >= 11 is 1.46. The Hall–Kier alpha value is -2.33. The van der Waals surface area contributed by atoms with E-state index in [0.717, 1.165) is 10.7 Å². The highest BCUT2D eigenvalue weighted by molar-refractivity contribution is 7.09. The van der Waals surface area contributed by atoms with Crippen molar-refractivity contribution in [1.82, 2.24) is 30.2 Å². The normalized spacial score (nSPS) is 17.6. The molecule has 9 nitrogen and oxygen atoms in total. The van der Waals surface area contributed by atoms with E-state index in [2.05, 4.69) is 41.4 Å². The molecule has 1 N–H and O–H groups in total. The third kappa shape index (κ3) is 4.51. The first-order valence-electron chi connectivity index (χ1n) is 8.72. The molecule has 0 spiro atoms. The van der Waals surface area contributed by atoms with Gasteiger partial charge in [0.05, 0.1) is 31.1 Å². The monoisotopic (exact) mass is 392 g/mol. The van der Waals surface area contributed by atoms with Crippen LogP contribution in [-0.2, 0) is 34.5 Å². The molecule has 0 unspecified atom stereocenters. The van der Waals surface area contributed by atoms with Gasteiger partial charge in [-0.25, -0.2) is 14.5 Å². The van der Waals surface area contributed by atoms with E-state index in [1.54, 1.807) is 18.0 Å².